The van der Waals surface area contributed by atoms with Crippen LogP contribution < -0.4 is 26.2 Å². The van der Waals surface area contributed by atoms with E-state index < -0.39 is 23.2 Å². The first-order valence-electron chi connectivity index (χ1n) is 12.1. The number of fused-ring (bicyclic) bond motifs is 1. The highest BCUT2D eigenvalue weighted by molar-refractivity contribution is 5.97. The van der Waals surface area contributed by atoms with Crippen molar-refractivity contribution in [1.82, 2.24) is 14.9 Å². The quantitative estimate of drug-likeness (QED) is 0.298. The number of anilines is 1. The Balaban J connectivity index is 1.37. The molecule has 2 amide bonds. The van der Waals surface area contributed by atoms with Crippen LogP contribution in [-0.2, 0) is 6.54 Å². The minimum Gasteiger partial charge on any atom is -0.492 e. The summed E-state index contributed by atoms with van der Waals surface area (Å²) >= 11 is 0. The van der Waals surface area contributed by atoms with Gasteiger partial charge in [-0.05, 0) is 31.0 Å². The van der Waals surface area contributed by atoms with Gasteiger partial charge in [-0.25, -0.2) is 19.4 Å². The van der Waals surface area contributed by atoms with Crippen molar-refractivity contribution in [3.63, 3.8) is 0 Å². The van der Waals surface area contributed by atoms with Gasteiger partial charge < -0.3 is 29.5 Å². The number of halogens is 1. The van der Waals surface area contributed by atoms with Crippen LogP contribution in [0.1, 0.15) is 40.8 Å². The van der Waals surface area contributed by atoms with E-state index in [1.54, 1.807) is 10.6 Å². The van der Waals surface area contributed by atoms with Crippen LogP contribution in [0.4, 0.5) is 14.9 Å². The van der Waals surface area contributed by atoms with Crippen molar-refractivity contribution in [1.29, 1.82) is 0 Å². The van der Waals surface area contributed by atoms with E-state index in [0.717, 1.165) is 18.9 Å². The number of piperazine rings is 1. The number of hydrogen-bond donors (Lipinski definition) is 3. The average Bonchev–Trinajstić information content (AvgIpc) is 3.63. The van der Waals surface area contributed by atoms with Crippen LogP contribution in [0.15, 0.2) is 38.7 Å². The molecular weight excluding hydrogens is 499 g/mol. The minimum atomic E-state index is -1.34. The number of ether oxygens (including phenoxy) is 1. The number of urea groups is 1. The Morgan fingerprint density at radius 3 is 2.66 bits per heavy atom. The molecule has 38 heavy (non-hydrogen) atoms. The highest BCUT2D eigenvalue weighted by Gasteiger charge is 2.32. The van der Waals surface area contributed by atoms with Gasteiger partial charge in [0.1, 0.15) is 22.8 Å². The maximum absolute atomic E-state index is 15.5. The summed E-state index contributed by atoms with van der Waals surface area (Å²) in [7, 11) is 1.43. The second-order valence-corrected chi connectivity index (χ2v) is 9.25. The highest BCUT2D eigenvalue weighted by atomic mass is 19.1. The van der Waals surface area contributed by atoms with Crippen LogP contribution >= 0.6 is 0 Å². The Morgan fingerprint density at radius 2 is 2.03 bits per heavy atom. The zero-order valence-electron chi connectivity index (χ0n) is 20.6. The summed E-state index contributed by atoms with van der Waals surface area (Å²) in [6.07, 6.45) is 4.38. The van der Waals surface area contributed by atoms with Crippen molar-refractivity contribution >= 4 is 34.8 Å². The molecule has 0 bridgehead atoms. The van der Waals surface area contributed by atoms with Gasteiger partial charge in [0.05, 0.1) is 30.8 Å². The largest absolute Gasteiger partial charge is 0.492 e. The van der Waals surface area contributed by atoms with Crippen LogP contribution in [0.3, 0.4) is 0 Å². The lowest BCUT2D eigenvalue weighted by Gasteiger charge is -2.36. The molecule has 4 N–H and O–H groups in total. The third-order valence-electron chi connectivity index (χ3n) is 6.69. The number of amides is 2. The van der Waals surface area contributed by atoms with Crippen LogP contribution in [0.25, 0.3) is 10.9 Å². The zero-order chi connectivity index (χ0) is 27.0. The number of nitrogens with one attached hydrogen (secondary N) is 1. The topological polar surface area (TPSA) is 156 Å². The van der Waals surface area contributed by atoms with Crippen LogP contribution in [0.5, 0.6) is 5.75 Å². The molecule has 2 fully saturated rings. The highest BCUT2D eigenvalue weighted by Crippen LogP contribution is 2.43. The number of hydrogen-bond acceptors (Lipinski definition) is 8. The molecule has 1 aromatic carbocycles. The molecule has 1 saturated heterocycles. The number of pyridine rings is 1. The van der Waals surface area contributed by atoms with Crippen LogP contribution in [-0.4, -0.2) is 66.1 Å². The Kier molecular flexibility index (Phi) is 6.76. The van der Waals surface area contributed by atoms with Crippen molar-refractivity contribution in [2.45, 2.75) is 25.4 Å². The smallest absolute Gasteiger partial charge is 0.341 e. The van der Waals surface area contributed by atoms with E-state index in [1.807, 2.05) is 11.0 Å². The Hall–Kier alpha value is -4.39. The molecular formula is C25H27FN6O6. The molecule has 5 rings (SSSR count). The average molecular weight is 527 g/mol. The lowest BCUT2D eigenvalue weighted by Crippen LogP contribution is -2.46. The van der Waals surface area contributed by atoms with Crippen molar-refractivity contribution in [2.24, 2.45) is 10.8 Å². The monoisotopic (exact) mass is 526 g/mol. The van der Waals surface area contributed by atoms with E-state index in [0.29, 0.717) is 49.8 Å². The summed E-state index contributed by atoms with van der Waals surface area (Å²) in [5.74, 6) is -0.582. The molecule has 2 aromatic heterocycles. The summed E-state index contributed by atoms with van der Waals surface area (Å²) < 4.78 is 28.7. The summed E-state index contributed by atoms with van der Waals surface area (Å²) in [6, 6.07) is 3.93. The number of primary amides is 1. The number of carbonyl (C=O) groups excluding carboxylic acids is 1. The maximum Gasteiger partial charge on any atom is 0.341 e. The van der Waals surface area contributed by atoms with E-state index in [-0.39, 0.29) is 28.4 Å². The third kappa shape index (κ3) is 4.92. The first kappa shape index (κ1) is 25.3. The van der Waals surface area contributed by atoms with Crippen LogP contribution in [0.2, 0.25) is 0 Å². The SMILES string of the molecule is COc1c(N2CCN(Cc3ccc(/C=N/NC(N)=O)o3)CC2)c(F)cc2c(=O)c(C(=O)O)cn(C3CC3)c12. The molecule has 1 saturated carbocycles. The Morgan fingerprint density at radius 1 is 1.29 bits per heavy atom. The van der Waals surface area contributed by atoms with Gasteiger partial charge in [0.2, 0.25) is 5.43 Å². The van der Waals surface area contributed by atoms with Gasteiger partial charge in [-0.2, -0.15) is 5.10 Å². The Bertz CT molecular complexity index is 1490. The fourth-order valence-corrected chi connectivity index (χ4v) is 4.78. The van der Waals surface area contributed by atoms with Gasteiger partial charge in [-0.15, -0.1) is 0 Å². The van der Waals surface area contributed by atoms with Crippen molar-refractivity contribution in [3.8, 4) is 5.75 Å². The fraction of sp³-hybridized carbons (Fsp3) is 0.360. The first-order valence-corrected chi connectivity index (χ1v) is 12.1. The van der Waals surface area contributed by atoms with Gasteiger partial charge in [-0.1, -0.05) is 0 Å². The number of carbonyl (C=O) groups is 2. The number of methoxy groups -OCH3 is 1. The summed E-state index contributed by atoms with van der Waals surface area (Å²) in [5, 5.41) is 13.2. The molecule has 3 aromatic rings. The van der Waals surface area contributed by atoms with E-state index in [9.17, 15) is 19.5 Å². The number of aromatic carboxylic acids is 1. The van der Waals surface area contributed by atoms with E-state index in [4.69, 9.17) is 14.9 Å². The predicted octanol–water partition coefficient (Wildman–Crippen LogP) is 2.10. The molecule has 0 unspecified atom stereocenters. The molecule has 200 valence electrons. The molecule has 12 nitrogen and oxygen atoms in total. The normalized spacial score (nSPS) is 16.3. The van der Waals surface area contributed by atoms with Crippen molar-refractivity contribution in [2.75, 3.05) is 38.2 Å². The molecule has 0 atom stereocenters. The second kappa shape index (κ2) is 10.2. The summed E-state index contributed by atoms with van der Waals surface area (Å²) in [4.78, 5) is 39.3. The maximum atomic E-state index is 15.5. The van der Waals surface area contributed by atoms with E-state index in [1.165, 1.54) is 19.5 Å². The number of nitrogens with two attached hydrogens (primary N) is 1. The third-order valence-corrected chi connectivity index (χ3v) is 6.69. The fourth-order valence-electron chi connectivity index (χ4n) is 4.78. The molecule has 1 aliphatic carbocycles. The summed E-state index contributed by atoms with van der Waals surface area (Å²) in [5.41, 5.74) is 6.63. The van der Waals surface area contributed by atoms with Gasteiger partial charge in [-0.3, -0.25) is 9.69 Å². The second-order valence-electron chi connectivity index (χ2n) is 9.25. The number of aromatic nitrogens is 1. The predicted molar refractivity (Wildman–Crippen MR) is 136 cm³/mol. The zero-order valence-corrected chi connectivity index (χ0v) is 20.6. The molecule has 2 aliphatic rings. The van der Waals surface area contributed by atoms with E-state index >= 15 is 4.39 Å². The lowest BCUT2D eigenvalue weighted by atomic mass is 10.1. The summed E-state index contributed by atoms with van der Waals surface area (Å²) in [6.45, 7) is 2.75. The van der Waals surface area contributed by atoms with Gasteiger partial charge >= 0.3 is 12.0 Å². The number of nitrogens with zero attached hydrogens (tertiary/aromatic N) is 4. The number of hydrazone groups is 1. The molecule has 3 heterocycles. The molecule has 1 aliphatic heterocycles. The minimum absolute atomic E-state index is 0.00303. The van der Waals surface area contributed by atoms with Crippen LogP contribution in [0, 0.1) is 5.82 Å². The number of furan rings is 1. The first-order chi connectivity index (χ1) is 18.3. The van der Waals surface area contributed by atoms with Crippen molar-refractivity contribution < 1.29 is 28.2 Å². The molecule has 0 spiro atoms. The molecule has 13 heteroatoms. The van der Waals surface area contributed by atoms with Gasteiger partial charge in [0, 0.05) is 38.4 Å². The van der Waals surface area contributed by atoms with Gasteiger partial charge in [0.15, 0.2) is 11.6 Å². The van der Waals surface area contributed by atoms with Gasteiger partial charge in [0.25, 0.3) is 0 Å². The lowest BCUT2D eigenvalue weighted by molar-refractivity contribution is 0.0694. The molecule has 0 radical (unpaired) electrons. The standard InChI is InChI=1S/C25H27FN6O6/c1-37-23-20-17(22(33)18(24(34)35)13-32(20)14-2-3-14)10-19(26)21(23)31-8-6-30(7-9-31)12-16-5-4-15(38-16)11-28-29-25(27)36/h4-5,10-11,13-14H,2-3,6-9,12H2,1H3,(H,34,35)(H3,27,29,36)/b28-11+. The van der Waals surface area contributed by atoms with Crippen molar-refractivity contribution in [3.05, 3.63) is 57.5 Å². The van der Waals surface area contributed by atoms with E-state index in [2.05, 4.69) is 15.4 Å². The Labute approximate surface area is 216 Å². The number of rotatable bonds is 8. The number of carboxylic acid groups (broad SMARTS) is 1. The number of carboxylic acids is 1. The number of benzene rings is 1.